The van der Waals surface area contributed by atoms with Crippen LogP contribution in [0.4, 0.5) is 4.39 Å². The van der Waals surface area contributed by atoms with E-state index in [1.807, 2.05) is 6.92 Å². The Morgan fingerprint density at radius 2 is 2.21 bits per heavy atom. The van der Waals surface area contributed by atoms with Crippen LogP contribution in [0.5, 0.6) is 0 Å². The summed E-state index contributed by atoms with van der Waals surface area (Å²) in [4.78, 5) is 4.76. The lowest BCUT2D eigenvalue weighted by atomic mass is 10.3. The number of benzene rings is 1. The molecule has 0 unspecified atom stereocenters. The molecule has 0 aliphatic carbocycles. The summed E-state index contributed by atoms with van der Waals surface area (Å²) in [5.74, 6) is -0.654. The Kier molecular flexibility index (Phi) is 4.19. The van der Waals surface area contributed by atoms with Gasteiger partial charge in [-0.3, -0.25) is 0 Å². The van der Waals surface area contributed by atoms with Crippen molar-refractivity contribution in [2.24, 2.45) is 0 Å². The van der Waals surface area contributed by atoms with Gasteiger partial charge in [0, 0.05) is 17.6 Å². The Morgan fingerprint density at radius 3 is 2.79 bits per heavy atom. The number of nitrogens with zero attached hydrogens (tertiary/aromatic N) is 1. The van der Waals surface area contributed by atoms with Crippen LogP contribution in [0.2, 0.25) is 5.02 Å². The Balaban J connectivity index is 2.16. The predicted octanol–water partition coefficient (Wildman–Crippen LogP) is 2.72. The van der Waals surface area contributed by atoms with Gasteiger partial charge in [0.2, 0.25) is 10.0 Å². The number of aryl methyl sites for hydroxylation is 1. The highest BCUT2D eigenvalue weighted by Gasteiger charge is 2.16. The van der Waals surface area contributed by atoms with Crippen LogP contribution in [0, 0.1) is 12.7 Å². The van der Waals surface area contributed by atoms with Gasteiger partial charge in [0.15, 0.2) is 0 Å². The number of aromatic nitrogens is 1. The molecule has 0 saturated heterocycles. The van der Waals surface area contributed by atoms with Gasteiger partial charge in [-0.15, -0.1) is 11.3 Å². The maximum absolute atomic E-state index is 13.0. The minimum Gasteiger partial charge on any atom is -0.250 e. The monoisotopic (exact) mass is 320 g/mol. The summed E-state index contributed by atoms with van der Waals surface area (Å²) in [6, 6.07) is 3.27. The molecule has 0 spiro atoms. The van der Waals surface area contributed by atoms with Gasteiger partial charge in [-0.25, -0.2) is 22.5 Å². The Labute approximate surface area is 119 Å². The summed E-state index contributed by atoms with van der Waals surface area (Å²) in [6.07, 6.45) is 1.61. The Morgan fingerprint density at radius 1 is 1.47 bits per heavy atom. The first kappa shape index (κ1) is 14.4. The second-order valence-electron chi connectivity index (χ2n) is 3.75. The number of rotatable bonds is 4. The molecule has 0 aliphatic rings. The van der Waals surface area contributed by atoms with Crippen molar-refractivity contribution in [3.05, 3.63) is 45.1 Å². The minimum atomic E-state index is -3.71. The lowest BCUT2D eigenvalue weighted by Gasteiger charge is -2.06. The lowest BCUT2D eigenvalue weighted by Crippen LogP contribution is -2.22. The smallest absolute Gasteiger partial charge is 0.240 e. The summed E-state index contributed by atoms with van der Waals surface area (Å²) in [5, 5.41) is 0.635. The fraction of sp³-hybridized carbons (Fsp3) is 0.182. The van der Waals surface area contributed by atoms with Crippen LogP contribution in [-0.2, 0) is 16.6 Å². The van der Waals surface area contributed by atoms with E-state index in [1.165, 1.54) is 17.4 Å². The molecule has 0 atom stereocenters. The van der Waals surface area contributed by atoms with Gasteiger partial charge in [0.25, 0.3) is 0 Å². The first-order valence-corrected chi connectivity index (χ1v) is 7.92. The van der Waals surface area contributed by atoms with Crippen molar-refractivity contribution >= 4 is 33.0 Å². The molecule has 19 heavy (non-hydrogen) atoms. The molecule has 8 heteroatoms. The quantitative estimate of drug-likeness (QED) is 0.942. The van der Waals surface area contributed by atoms with Crippen molar-refractivity contribution in [3.8, 4) is 0 Å². The van der Waals surface area contributed by atoms with E-state index >= 15 is 0 Å². The van der Waals surface area contributed by atoms with Gasteiger partial charge in [0.1, 0.15) is 5.82 Å². The fourth-order valence-corrected chi connectivity index (χ4v) is 3.48. The van der Waals surface area contributed by atoms with Gasteiger partial charge in [-0.2, -0.15) is 0 Å². The van der Waals surface area contributed by atoms with Crippen molar-refractivity contribution in [1.82, 2.24) is 9.71 Å². The largest absolute Gasteiger partial charge is 0.250 e. The van der Waals surface area contributed by atoms with Crippen molar-refractivity contribution in [2.45, 2.75) is 18.4 Å². The summed E-state index contributed by atoms with van der Waals surface area (Å²) >= 11 is 6.97. The molecule has 2 rings (SSSR count). The van der Waals surface area contributed by atoms with Crippen LogP contribution in [0.15, 0.2) is 29.3 Å². The van der Waals surface area contributed by atoms with Crippen LogP contribution < -0.4 is 4.72 Å². The number of nitrogens with one attached hydrogen (secondary N) is 1. The molecular formula is C11H10ClFN2O2S2. The van der Waals surface area contributed by atoms with Crippen molar-refractivity contribution in [1.29, 1.82) is 0 Å². The van der Waals surface area contributed by atoms with E-state index in [0.717, 1.165) is 22.0 Å². The van der Waals surface area contributed by atoms with E-state index in [0.29, 0.717) is 0 Å². The number of halogens is 2. The molecule has 0 amide bonds. The van der Waals surface area contributed by atoms with Gasteiger partial charge >= 0.3 is 0 Å². The molecule has 1 heterocycles. The zero-order chi connectivity index (χ0) is 14.0. The van der Waals surface area contributed by atoms with Crippen molar-refractivity contribution < 1.29 is 12.8 Å². The van der Waals surface area contributed by atoms with Gasteiger partial charge in [-0.1, -0.05) is 11.6 Å². The van der Waals surface area contributed by atoms with E-state index < -0.39 is 15.8 Å². The highest BCUT2D eigenvalue weighted by molar-refractivity contribution is 7.89. The minimum absolute atomic E-state index is 0.0693. The van der Waals surface area contributed by atoms with E-state index in [9.17, 15) is 12.8 Å². The molecule has 102 valence electrons. The van der Waals surface area contributed by atoms with E-state index in [1.54, 1.807) is 6.20 Å². The second-order valence-corrected chi connectivity index (χ2v) is 7.24. The Hall–Kier alpha value is -1.02. The summed E-state index contributed by atoms with van der Waals surface area (Å²) in [5.41, 5.74) is 0. The average molecular weight is 321 g/mol. The maximum Gasteiger partial charge on any atom is 0.240 e. The van der Waals surface area contributed by atoms with E-state index in [-0.39, 0.29) is 16.5 Å². The van der Waals surface area contributed by atoms with E-state index in [2.05, 4.69) is 9.71 Å². The maximum atomic E-state index is 13.0. The SMILES string of the molecule is Cc1ncc(CNS(=O)(=O)c2ccc(F)c(Cl)c2)s1. The zero-order valence-corrected chi connectivity index (χ0v) is 12.2. The number of hydrogen-bond donors (Lipinski definition) is 1. The zero-order valence-electron chi connectivity index (χ0n) is 9.85. The summed E-state index contributed by atoms with van der Waals surface area (Å²) in [6.45, 7) is 1.98. The van der Waals surface area contributed by atoms with E-state index in [4.69, 9.17) is 11.6 Å². The summed E-state index contributed by atoms with van der Waals surface area (Å²) in [7, 11) is -3.71. The molecule has 1 aromatic heterocycles. The topological polar surface area (TPSA) is 59.1 Å². The molecule has 1 aromatic carbocycles. The van der Waals surface area contributed by atoms with Gasteiger partial charge in [-0.05, 0) is 25.1 Å². The molecule has 0 bridgehead atoms. The predicted molar refractivity (Wildman–Crippen MR) is 72.3 cm³/mol. The van der Waals surface area contributed by atoms with Gasteiger partial charge in [0.05, 0.1) is 14.9 Å². The third kappa shape index (κ3) is 3.50. The van der Waals surface area contributed by atoms with Crippen molar-refractivity contribution in [2.75, 3.05) is 0 Å². The Bertz CT molecular complexity index is 700. The number of thiazole rings is 1. The van der Waals surface area contributed by atoms with Crippen LogP contribution in [-0.4, -0.2) is 13.4 Å². The molecule has 0 fully saturated rings. The lowest BCUT2D eigenvalue weighted by molar-refractivity contribution is 0.581. The van der Waals surface area contributed by atoms with Crippen LogP contribution in [0.3, 0.4) is 0 Å². The highest BCUT2D eigenvalue weighted by Crippen LogP contribution is 2.20. The molecular weight excluding hydrogens is 311 g/mol. The number of sulfonamides is 1. The first-order chi connectivity index (χ1) is 8.88. The average Bonchev–Trinajstić information content (AvgIpc) is 2.76. The van der Waals surface area contributed by atoms with Crippen molar-refractivity contribution in [3.63, 3.8) is 0 Å². The summed E-state index contributed by atoms with van der Waals surface area (Å²) < 4.78 is 39.3. The second kappa shape index (κ2) is 5.54. The van der Waals surface area contributed by atoms with Crippen LogP contribution in [0.25, 0.3) is 0 Å². The highest BCUT2D eigenvalue weighted by atomic mass is 35.5. The van der Waals surface area contributed by atoms with Crippen LogP contribution >= 0.6 is 22.9 Å². The number of hydrogen-bond acceptors (Lipinski definition) is 4. The van der Waals surface area contributed by atoms with Gasteiger partial charge < -0.3 is 0 Å². The fourth-order valence-electron chi connectivity index (χ4n) is 1.38. The molecule has 1 N–H and O–H groups in total. The van der Waals surface area contributed by atoms with Crippen LogP contribution in [0.1, 0.15) is 9.88 Å². The standard InChI is InChI=1S/C11H10ClFN2O2S2/c1-7-14-5-8(18-7)6-15-19(16,17)9-2-3-11(13)10(12)4-9/h2-5,15H,6H2,1H3. The molecule has 4 nitrogen and oxygen atoms in total. The first-order valence-electron chi connectivity index (χ1n) is 5.24. The third-order valence-electron chi connectivity index (χ3n) is 2.31. The molecule has 2 aromatic rings. The molecule has 0 radical (unpaired) electrons. The molecule has 0 saturated carbocycles. The third-order valence-corrected chi connectivity index (χ3v) is 4.91. The normalized spacial score (nSPS) is 11.7. The molecule has 0 aliphatic heterocycles.